The minimum atomic E-state index is -0.191. The molecule has 6 nitrogen and oxygen atoms in total. The molecule has 2 fully saturated rings. The van der Waals surface area contributed by atoms with E-state index in [0.29, 0.717) is 32.0 Å². The topological polar surface area (TPSA) is 66.7 Å². The van der Waals surface area contributed by atoms with E-state index in [0.717, 1.165) is 24.2 Å². The quantitative estimate of drug-likeness (QED) is 0.896. The number of nitrogens with zero attached hydrogens (tertiary/aromatic N) is 3. The van der Waals surface area contributed by atoms with Crippen molar-refractivity contribution in [3.8, 4) is 0 Å². The molecule has 1 N–H and O–H groups in total. The minimum absolute atomic E-state index is 0.00901. The Kier molecular flexibility index (Phi) is 3.52. The number of imidazole rings is 1. The first-order valence-corrected chi connectivity index (χ1v) is 8.20. The van der Waals surface area contributed by atoms with Crippen LogP contribution < -0.4 is 5.32 Å². The van der Waals surface area contributed by atoms with Gasteiger partial charge in [-0.3, -0.25) is 9.59 Å². The van der Waals surface area contributed by atoms with Gasteiger partial charge in [0, 0.05) is 44.4 Å². The van der Waals surface area contributed by atoms with E-state index >= 15 is 0 Å². The highest BCUT2D eigenvalue weighted by Gasteiger charge is 2.41. The first-order valence-electron chi connectivity index (χ1n) is 8.20. The number of likely N-dealkylation sites (tertiary alicyclic amines) is 1. The van der Waals surface area contributed by atoms with Gasteiger partial charge in [-0.05, 0) is 25.0 Å². The summed E-state index contributed by atoms with van der Waals surface area (Å²) in [7, 11) is 0. The van der Waals surface area contributed by atoms with Crippen LogP contribution in [0.25, 0.3) is 5.65 Å². The van der Waals surface area contributed by atoms with Crippen molar-refractivity contribution in [2.45, 2.75) is 31.7 Å². The molecular weight excluding hydrogens is 292 g/mol. The number of amides is 2. The maximum Gasteiger partial charge on any atom is 0.225 e. The van der Waals surface area contributed by atoms with E-state index in [9.17, 15) is 9.59 Å². The van der Waals surface area contributed by atoms with Crippen LogP contribution in [0.15, 0.2) is 30.6 Å². The van der Waals surface area contributed by atoms with Crippen LogP contribution >= 0.6 is 0 Å². The molecule has 0 bridgehead atoms. The van der Waals surface area contributed by atoms with Crippen molar-refractivity contribution >= 4 is 17.5 Å². The number of carbonyl (C=O) groups excluding carboxylic acids is 2. The smallest absolute Gasteiger partial charge is 0.225 e. The summed E-state index contributed by atoms with van der Waals surface area (Å²) >= 11 is 0. The molecule has 1 atom stereocenters. The number of carbonyl (C=O) groups is 2. The second kappa shape index (κ2) is 5.68. The Morgan fingerprint density at radius 1 is 1.35 bits per heavy atom. The summed E-state index contributed by atoms with van der Waals surface area (Å²) in [6.07, 6.45) is 7.18. The average molecular weight is 312 g/mol. The molecular formula is C17H20N4O2. The van der Waals surface area contributed by atoms with Crippen LogP contribution in [-0.2, 0) is 16.0 Å². The summed E-state index contributed by atoms with van der Waals surface area (Å²) in [6, 6.07) is 6.27. The SMILES string of the molecule is O=C(NCCc1cn2ccccc2n1)[C@H]1CC(=O)N(C2CC2)C1. The van der Waals surface area contributed by atoms with Gasteiger partial charge >= 0.3 is 0 Å². The Labute approximate surface area is 134 Å². The number of aromatic nitrogens is 2. The molecule has 0 unspecified atom stereocenters. The lowest BCUT2D eigenvalue weighted by atomic mass is 10.1. The van der Waals surface area contributed by atoms with E-state index in [4.69, 9.17) is 0 Å². The normalized spacial score (nSPS) is 21.1. The Bertz CT molecular complexity index is 717. The van der Waals surface area contributed by atoms with Gasteiger partial charge < -0.3 is 14.6 Å². The number of nitrogens with one attached hydrogen (secondary N) is 1. The van der Waals surface area contributed by atoms with Crippen molar-refractivity contribution < 1.29 is 9.59 Å². The van der Waals surface area contributed by atoms with Crippen molar-refractivity contribution in [1.29, 1.82) is 0 Å². The monoisotopic (exact) mass is 312 g/mol. The fourth-order valence-electron chi connectivity index (χ4n) is 3.21. The van der Waals surface area contributed by atoms with Crippen molar-refractivity contribution in [1.82, 2.24) is 19.6 Å². The van der Waals surface area contributed by atoms with Gasteiger partial charge in [0.1, 0.15) is 5.65 Å². The zero-order valence-corrected chi connectivity index (χ0v) is 12.9. The Balaban J connectivity index is 1.29. The van der Waals surface area contributed by atoms with E-state index in [-0.39, 0.29) is 17.7 Å². The molecule has 0 aromatic carbocycles. The van der Waals surface area contributed by atoms with Gasteiger partial charge in [-0.25, -0.2) is 4.98 Å². The van der Waals surface area contributed by atoms with Crippen molar-refractivity contribution in [2.75, 3.05) is 13.1 Å². The second-order valence-electron chi connectivity index (χ2n) is 6.42. The number of hydrogen-bond donors (Lipinski definition) is 1. The fraction of sp³-hybridized carbons (Fsp3) is 0.471. The standard InChI is InChI=1S/C17H20N4O2/c22-16-9-12(10-21(16)14-4-5-14)17(23)18-7-6-13-11-20-8-2-1-3-15(20)19-13/h1-3,8,11-12,14H,4-7,9-10H2,(H,18,23)/t12-/m0/s1. The molecule has 1 aliphatic heterocycles. The summed E-state index contributed by atoms with van der Waals surface area (Å²) in [5.41, 5.74) is 1.87. The molecule has 2 aliphatic rings. The summed E-state index contributed by atoms with van der Waals surface area (Å²) in [5, 5.41) is 2.95. The zero-order chi connectivity index (χ0) is 15.8. The second-order valence-corrected chi connectivity index (χ2v) is 6.42. The van der Waals surface area contributed by atoms with Crippen LogP contribution in [0.2, 0.25) is 0 Å². The molecule has 0 radical (unpaired) electrons. The molecule has 1 saturated heterocycles. The molecule has 2 amide bonds. The molecule has 0 spiro atoms. The Morgan fingerprint density at radius 2 is 2.22 bits per heavy atom. The first kappa shape index (κ1) is 14.2. The van der Waals surface area contributed by atoms with E-state index < -0.39 is 0 Å². The van der Waals surface area contributed by atoms with Crippen LogP contribution in [0.4, 0.5) is 0 Å². The fourth-order valence-corrected chi connectivity index (χ4v) is 3.21. The predicted molar refractivity (Wildman–Crippen MR) is 84.7 cm³/mol. The van der Waals surface area contributed by atoms with Crippen molar-refractivity contribution in [2.24, 2.45) is 5.92 Å². The largest absolute Gasteiger partial charge is 0.355 e. The number of rotatable bonds is 5. The third-order valence-corrected chi connectivity index (χ3v) is 4.61. The molecule has 6 heteroatoms. The lowest BCUT2D eigenvalue weighted by Crippen LogP contribution is -2.34. The van der Waals surface area contributed by atoms with Gasteiger partial charge in [0.15, 0.2) is 0 Å². The summed E-state index contributed by atoms with van der Waals surface area (Å²) in [6.45, 7) is 1.14. The third-order valence-electron chi connectivity index (χ3n) is 4.61. The van der Waals surface area contributed by atoms with E-state index in [1.165, 1.54) is 0 Å². The van der Waals surface area contributed by atoms with Gasteiger partial charge in [0.2, 0.25) is 11.8 Å². The van der Waals surface area contributed by atoms with Crippen molar-refractivity contribution in [3.05, 3.63) is 36.3 Å². The molecule has 3 heterocycles. The van der Waals surface area contributed by atoms with E-state index in [1.807, 2.05) is 39.9 Å². The van der Waals surface area contributed by atoms with Gasteiger partial charge in [0.25, 0.3) is 0 Å². The molecule has 2 aromatic heterocycles. The molecule has 1 saturated carbocycles. The summed E-state index contributed by atoms with van der Waals surface area (Å²) in [4.78, 5) is 30.5. The number of hydrogen-bond acceptors (Lipinski definition) is 3. The van der Waals surface area contributed by atoms with Gasteiger partial charge in [-0.15, -0.1) is 0 Å². The molecule has 2 aromatic rings. The molecule has 23 heavy (non-hydrogen) atoms. The Hall–Kier alpha value is -2.37. The number of fused-ring (bicyclic) bond motifs is 1. The average Bonchev–Trinajstić information content (AvgIpc) is 3.18. The summed E-state index contributed by atoms with van der Waals surface area (Å²) in [5.74, 6) is -0.0672. The highest BCUT2D eigenvalue weighted by atomic mass is 16.2. The highest BCUT2D eigenvalue weighted by molar-refractivity contribution is 5.89. The maximum atomic E-state index is 12.2. The molecule has 120 valence electrons. The van der Waals surface area contributed by atoms with Gasteiger partial charge in [-0.1, -0.05) is 6.07 Å². The summed E-state index contributed by atoms with van der Waals surface area (Å²) < 4.78 is 1.97. The van der Waals surface area contributed by atoms with Gasteiger partial charge in [-0.2, -0.15) is 0 Å². The van der Waals surface area contributed by atoms with Crippen LogP contribution in [0, 0.1) is 5.92 Å². The lowest BCUT2D eigenvalue weighted by molar-refractivity contribution is -0.129. The number of pyridine rings is 1. The zero-order valence-electron chi connectivity index (χ0n) is 12.9. The van der Waals surface area contributed by atoms with Gasteiger partial charge in [0.05, 0.1) is 11.6 Å². The predicted octanol–water partition coefficient (Wildman–Crippen LogP) is 1.00. The van der Waals surface area contributed by atoms with E-state index in [2.05, 4.69) is 10.3 Å². The van der Waals surface area contributed by atoms with E-state index in [1.54, 1.807) is 0 Å². The lowest BCUT2D eigenvalue weighted by Gasteiger charge is -2.15. The first-order chi connectivity index (χ1) is 11.2. The Morgan fingerprint density at radius 3 is 3.00 bits per heavy atom. The van der Waals surface area contributed by atoms with Crippen molar-refractivity contribution in [3.63, 3.8) is 0 Å². The van der Waals surface area contributed by atoms with Crippen LogP contribution in [-0.4, -0.2) is 45.2 Å². The maximum absolute atomic E-state index is 12.2. The third kappa shape index (κ3) is 2.93. The van der Waals surface area contributed by atoms with Crippen LogP contribution in [0.3, 0.4) is 0 Å². The van der Waals surface area contributed by atoms with Crippen LogP contribution in [0.5, 0.6) is 0 Å². The molecule has 1 aliphatic carbocycles. The van der Waals surface area contributed by atoms with Crippen LogP contribution in [0.1, 0.15) is 25.0 Å². The molecule has 4 rings (SSSR count). The minimum Gasteiger partial charge on any atom is -0.355 e. The highest BCUT2D eigenvalue weighted by Crippen LogP contribution is 2.32.